The molecule has 0 radical (unpaired) electrons. The summed E-state index contributed by atoms with van der Waals surface area (Å²) in [5.41, 5.74) is -1.52. The number of nitrogens with zero attached hydrogens (tertiary/aromatic N) is 1. The fourth-order valence-corrected chi connectivity index (χ4v) is 7.89. The lowest BCUT2D eigenvalue weighted by atomic mass is 9.57. The van der Waals surface area contributed by atoms with Gasteiger partial charge in [-0.1, -0.05) is 19.9 Å². The molecule has 2 N–H and O–H groups in total. The minimum atomic E-state index is -0.835. The maximum Gasteiger partial charge on any atom is 0.243 e. The van der Waals surface area contributed by atoms with E-state index in [-0.39, 0.29) is 17.7 Å². The Hall–Kier alpha value is -2.87. The number of likely N-dealkylation sites (N-methyl/N-ethyl adjacent to an activating group) is 1. The molecule has 35 heavy (non-hydrogen) atoms. The lowest BCUT2D eigenvalue weighted by molar-refractivity contribution is -0.166. The average molecular weight is 480 g/mol. The molecule has 2 amide bonds. The summed E-state index contributed by atoms with van der Waals surface area (Å²) in [6, 6.07) is 3.90. The first-order valence-corrected chi connectivity index (χ1v) is 12.4. The lowest BCUT2D eigenvalue weighted by Gasteiger charge is -2.61. The molecule has 1 saturated carbocycles. The fraction of sp³-hybridized carbons (Fsp3) is 0.593. The third-order valence-electron chi connectivity index (χ3n) is 9.78. The van der Waals surface area contributed by atoms with Crippen LogP contribution in [0.4, 0.5) is 5.69 Å². The van der Waals surface area contributed by atoms with Crippen LogP contribution in [0.1, 0.15) is 58.9 Å². The normalized spacial score (nSPS) is 37.2. The second-order valence-electron chi connectivity index (χ2n) is 12.1. The van der Waals surface area contributed by atoms with Gasteiger partial charge in [0, 0.05) is 20.0 Å². The van der Waals surface area contributed by atoms with Crippen molar-refractivity contribution in [2.45, 2.75) is 75.5 Å². The number of hydrogen-bond acceptors (Lipinski definition) is 6. The molecule has 4 fully saturated rings. The number of anilines is 1. The highest BCUT2D eigenvalue weighted by Crippen LogP contribution is 2.70. The Balaban J connectivity index is 1.50. The maximum absolute atomic E-state index is 14.0. The Morgan fingerprint density at radius 1 is 1.20 bits per heavy atom. The zero-order valence-electron chi connectivity index (χ0n) is 21.0. The number of carbonyl (C=O) groups is 3. The van der Waals surface area contributed by atoms with Crippen LogP contribution < -0.4 is 20.1 Å². The molecular formula is C27H33N3O5. The predicted molar refractivity (Wildman–Crippen MR) is 129 cm³/mol. The molecule has 7 rings (SSSR count). The van der Waals surface area contributed by atoms with Crippen LogP contribution in [0.25, 0.3) is 0 Å². The van der Waals surface area contributed by atoms with Crippen LogP contribution >= 0.6 is 0 Å². The van der Waals surface area contributed by atoms with E-state index in [9.17, 15) is 14.4 Å². The number of benzene rings is 1. The second kappa shape index (κ2) is 6.66. The van der Waals surface area contributed by atoms with Gasteiger partial charge in [0.1, 0.15) is 11.9 Å². The number of piperazine rings is 1. The first kappa shape index (κ1) is 22.6. The molecule has 5 heterocycles. The Morgan fingerprint density at radius 3 is 2.71 bits per heavy atom. The van der Waals surface area contributed by atoms with Gasteiger partial charge in [-0.3, -0.25) is 9.59 Å². The van der Waals surface area contributed by atoms with Gasteiger partial charge in [0.15, 0.2) is 11.5 Å². The molecule has 3 saturated heterocycles. The fourth-order valence-electron chi connectivity index (χ4n) is 7.89. The Labute approximate surface area is 205 Å². The zero-order valence-corrected chi connectivity index (χ0v) is 21.0. The van der Waals surface area contributed by atoms with Crippen LogP contribution in [0.2, 0.25) is 0 Å². The summed E-state index contributed by atoms with van der Waals surface area (Å²) in [5.74, 6) is 1.16. The molecular weight excluding hydrogens is 446 g/mol. The van der Waals surface area contributed by atoms with Crippen molar-refractivity contribution < 1.29 is 23.9 Å². The Bertz CT molecular complexity index is 1210. The second-order valence-corrected chi connectivity index (χ2v) is 12.1. The summed E-state index contributed by atoms with van der Waals surface area (Å²) >= 11 is 0. The number of fused-ring (bicyclic) bond motifs is 6. The number of amides is 2. The standard InChI is InChI=1S/C27H33N3O5/c1-23(2)10-12-34-20-17(35-23)8-7-16-19(20)29-21(32)27(16)14-26-15-28-25(9-6-11-31,22(33)30(26)5)13-18(26)24(27,3)4/h7-8,10-12,18,28H,6,9,13-15H2,1-5H3,(H,29,32)/t18-,25-,26+,27+/m0/s1. The Kier molecular flexibility index (Phi) is 4.30. The van der Waals surface area contributed by atoms with E-state index in [2.05, 4.69) is 24.5 Å². The molecule has 1 aliphatic carbocycles. The Morgan fingerprint density at radius 2 is 1.97 bits per heavy atom. The highest BCUT2D eigenvalue weighted by Gasteiger charge is 2.77. The summed E-state index contributed by atoms with van der Waals surface area (Å²) in [6.45, 7) is 8.85. The smallest absolute Gasteiger partial charge is 0.243 e. The van der Waals surface area contributed by atoms with Gasteiger partial charge in [-0.25, -0.2) is 0 Å². The first-order valence-electron chi connectivity index (χ1n) is 12.4. The van der Waals surface area contributed by atoms with Gasteiger partial charge in [0.2, 0.25) is 11.8 Å². The molecule has 4 atom stereocenters. The van der Waals surface area contributed by atoms with Crippen molar-refractivity contribution in [3.63, 3.8) is 0 Å². The molecule has 2 spiro atoms. The largest absolute Gasteiger partial charge is 0.480 e. The van der Waals surface area contributed by atoms with E-state index in [0.717, 1.165) is 11.8 Å². The van der Waals surface area contributed by atoms with Crippen molar-refractivity contribution in [2.24, 2.45) is 11.3 Å². The lowest BCUT2D eigenvalue weighted by Crippen LogP contribution is -2.79. The van der Waals surface area contributed by atoms with Crippen molar-refractivity contribution in [1.82, 2.24) is 10.2 Å². The molecule has 2 bridgehead atoms. The zero-order chi connectivity index (χ0) is 25.0. The molecule has 1 aromatic rings. The van der Waals surface area contributed by atoms with Gasteiger partial charge in [-0.15, -0.1) is 0 Å². The third-order valence-corrected chi connectivity index (χ3v) is 9.78. The maximum atomic E-state index is 14.0. The molecule has 1 aromatic carbocycles. The number of ether oxygens (including phenoxy) is 2. The quantitative estimate of drug-likeness (QED) is 0.647. The van der Waals surface area contributed by atoms with Crippen LogP contribution in [0.3, 0.4) is 0 Å². The average Bonchev–Trinajstić information content (AvgIpc) is 3.12. The third kappa shape index (κ3) is 2.53. The number of nitrogens with one attached hydrogen (secondary N) is 2. The van der Waals surface area contributed by atoms with E-state index in [0.29, 0.717) is 49.4 Å². The van der Waals surface area contributed by atoms with E-state index < -0.39 is 27.5 Å². The van der Waals surface area contributed by atoms with Crippen molar-refractivity contribution in [3.8, 4) is 11.5 Å². The van der Waals surface area contributed by atoms with E-state index >= 15 is 0 Å². The van der Waals surface area contributed by atoms with Crippen molar-refractivity contribution in [2.75, 3.05) is 18.9 Å². The van der Waals surface area contributed by atoms with Crippen LogP contribution in [0, 0.1) is 11.3 Å². The van der Waals surface area contributed by atoms with Gasteiger partial charge in [-0.05, 0) is 62.1 Å². The van der Waals surface area contributed by atoms with Crippen LogP contribution in [0.15, 0.2) is 24.5 Å². The highest BCUT2D eigenvalue weighted by atomic mass is 16.5. The van der Waals surface area contributed by atoms with Crippen LogP contribution in [-0.2, 0) is 19.8 Å². The summed E-state index contributed by atoms with van der Waals surface area (Å²) in [7, 11) is 1.87. The highest BCUT2D eigenvalue weighted by molar-refractivity contribution is 6.09. The van der Waals surface area contributed by atoms with Crippen LogP contribution in [-0.4, -0.2) is 53.3 Å². The summed E-state index contributed by atoms with van der Waals surface area (Å²) < 4.78 is 12.2. The summed E-state index contributed by atoms with van der Waals surface area (Å²) in [6.07, 6.45) is 6.29. The summed E-state index contributed by atoms with van der Waals surface area (Å²) in [4.78, 5) is 40.7. The number of piperidine rings is 2. The van der Waals surface area contributed by atoms with E-state index in [4.69, 9.17) is 9.47 Å². The van der Waals surface area contributed by atoms with Crippen molar-refractivity contribution in [1.29, 1.82) is 0 Å². The molecule has 0 aromatic heterocycles. The van der Waals surface area contributed by atoms with Crippen molar-refractivity contribution in [3.05, 3.63) is 30.0 Å². The molecule has 6 aliphatic rings. The van der Waals surface area contributed by atoms with E-state index in [1.807, 2.05) is 44.0 Å². The van der Waals surface area contributed by atoms with Gasteiger partial charge in [-0.2, -0.15) is 0 Å². The van der Waals surface area contributed by atoms with E-state index in [1.165, 1.54) is 0 Å². The minimum absolute atomic E-state index is 0.0272. The SMILES string of the molecule is CN1C(=O)[C@]2(CCC=O)C[C@H]3C(C)(C)[C@@]4(C[C@@]31CN2)C(=O)Nc1c4ccc2c1OC=CC(C)(C)O2. The van der Waals surface area contributed by atoms with Gasteiger partial charge in [0.05, 0.1) is 28.4 Å². The van der Waals surface area contributed by atoms with Gasteiger partial charge < -0.3 is 29.8 Å². The molecule has 186 valence electrons. The molecule has 8 nitrogen and oxygen atoms in total. The monoisotopic (exact) mass is 479 g/mol. The van der Waals surface area contributed by atoms with Crippen molar-refractivity contribution >= 4 is 23.8 Å². The topological polar surface area (TPSA) is 97.0 Å². The number of hydrogen-bond donors (Lipinski definition) is 2. The van der Waals surface area contributed by atoms with E-state index in [1.54, 1.807) is 6.26 Å². The van der Waals surface area contributed by atoms with Gasteiger partial charge in [0.25, 0.3) is 0 Å². The molecule has 0 unspecified atom stereocenters. The van der Waals surface area contributed by atoms with Crippen LogP contribution in [0.5, 0.6) is 11.5 Å². The number of rotatable bonds is 3. The number of carbonyl (C=O) groups excluding carboxylic acids is 3. The molecule has 8 heteroatoms. The van der Waals surface area contributed by atoms with Gasteiger partial charge >= 0.3 is 0 Å². The predicted octanol–water partition coefficient (Wildman–Crippen LogP) is 2.91. The minimum Gasteiger partial charge on any atom is -0.480 e. The summed E-state index contributed by atoms with van der Waals surface area (Å²) in [5, 5.41) is 6.68. The first-order chi connectivity index (χ1) is 16.4. The molecule has 5 aliphatic heterocycles. The number of aldehydes is 1.